The van der Waals surface area contributed by atoms with Gasteiger partial charge in [-0.25, -0.2) is 0 Å². The number of anilines is 1. The topological polar surface area (TPSA) is 89.3 Å². The van der Waals surface area contributed by atoms with Crippen molar-refractivity contribution >= 4 is 29.3 Å². The number of ether oxygens (including phenoxy) is 1. The van der Waals surface area contributed by atoms with E-state index in [-0.39, 0.29) is 18.4 Å². The van der Waals surface area contributed by atoms with Gasteiger partial charge in [-0.1, -0.05) is 42.1 Å². The molecule has 1 N–H and O–H groups in total. The number of hydrogen-bond donors (Lipinski definition) is 1. The number of carbonyl (C=O) groups excluding carboxylic acids is 2. The number of carbonyl (C=O) groups is 2. The number of aromatic nitrogens is 3. The molecule has 3 aromatic rings. The fraction of sp³-hybridized carbons (Fsp3) is 0.360. The molecule has 1 heterocycles. The van der Waals surface area contributed by atoms with Crippen LogP contribution in [0, 0.1) is 0 Å². The Morgan fingerprint density at radius 3 is 2.32 bits per heavy atom. The second kappa shape index (κ2) is 10.7. The summed E-state index contributed by atoms with van der Waals surface area (Å²) in [6, 6.07) is 16.8. The molecule has 0 radical (unpaired) electrons. The van der Waals surface area contributed by atoms with Gasteiger partial charge in [0.2, 0.25) is 11.8 Å². The van der Waals surface area contributed by atoms with E-state index in [1.165, 1.54) is 16.7 Å². The van der Waals surface area contributed by atoms with Crippen LogP contribution in [-0.4, -0.2) is 51.0 Å². The molecule has 1 atom stereocenters. The molecule has 0 fully saturated rings. The smallest absolute Gasteiger partial charge is 0.240 e. The summed E-state index contributed by atoms with van der Waals surface area (Å²) in [5.41, 5.74) is 1.16. The maximum Gasteiger partial charge on any atom is 0.240 e. The SMILES string of the molecule is COc1ccc(N(CC(=O)NC(C)(C)C)C(=O)C(C)Sc2nnc(-c3ccccc3)n2C)cc1. The second-order valence-corrected chi connectivity index (χ2v) is 10.2. The van der Waals surface area contributed by atoms with Gasteiger partial charge in [0, 0.05) is 23.8 Å². The third-order valence-electron chi connectivity index (χ3n) is 4.96. The van der Waals surface area contributed by atoms with Crippen molar-refractivity contribution in [3.05, 3.63) is 54.6 Å². The van der Waals surface area contributed by atoms with Gasteiger partial charge in [0.15, 0.2) is 11.0 Å². The van der Waals surface area contributed by atoms with Crippen LogP contribution in [0.1, 0.15) is 27.7 Å². The summed E-state index contributed by atoms with van der Waals surface area (Å²) in [6.07, 6.45) is 0. The molecule has 1 aromatic heterocycles. The minimum atomic E-state index is -0.504. The van der Waals surface area contributed by atoms with Crippen LogP contribution in [0.5, 0.6) is 5.75 Å². The number of methoxy groups -OCH3 is 1. The summed E-state index contributed by atoms with van der Waals surface area (Å²) in [7, 11) is 3.46. The highest BCUT2D eigenvalue weighted by atomic mass is 32.2. The van der Waals surface area contributed by atoms with Crippen LogP contribution in [0.25, 0.3) is 11.4 Å². The van der Waals surface area contributed by atoms with Crippen molar-refractivity contribution in [3.63, 3.8) is 0 Å². The van der Waals surface area contributed by atoms with Gasteiger partial charge in [0.1, 0.15) is 12.3 Å². The van der Waals surface area contributed by atoms with Crippen LogP contribution in [0.15, 0.2) is 59.8 Å². The summed E-state index contributed by atoms with van der Waals surface area (Å²) >= 11 is 1.31. The number of amides is 2. The van der Waals surface area contributed by atoms with Crippen molar-refractivity contribution < 1.29 is 14.3 Å². The average Bonchev–Trinajstić information content (AvgIpc) is 3.16. The maximum atomic E-state index is 13.5. The Labute approximate surface area is 204 Å². The number of thioether (sulfide) groups is 1. The largest absolute Gasteiger partial charge is 0.497 e. The Hall–Kier alpha value is -3.33. The molecule has 0 saturated carbocycles. The first kappa shape index (κ1) is 25.3. The Balaban J connectivity index is 1.82. The summed E-state index contributed by atoms with van der Waals surface area (Å²) in [5, 5.41) is 11.6. The lowest BCUT2D eigenvalue weighted by molar-refractivity contribution is -0.124. The van der Waals surface area contributed by atoms with Gasteiger partial charge >= 0.3 is 0 Å². The van der Waals surface area contributed by atoms with E-state index < -0.39 is 10.8 Å². The quantitative estimate of drug-likeness (QED) is 0.491. The first-order valence-electron chi connectivity index (χ1n) is 11.0. The predicted molar refractivity (Wildman–Crippen MR) is 135 cm³/mol. The molecule has 1 unspecified atom stereocenters. The Morgan fingerprint density at radius 1 is 1.09 bits per heavy atom. The van der Waals surface area contributed by atoms with Gasteiger partial charge in [0.25, 0.3) is 0 Å². The van der Waals surface area contributed by atoms with Crippen molar-refractivity contribution in [3.8, 4) is 17.1 Å². The summed E-state index contributed by atoms with van der Waals surface area (Å²) in [5.74, 6) is 0.951. The van der Waals surface area contributed by atoms with Crippen LogP contribution < -0.4 is 15.0 Å². The molecular weight excluding hydrogens is 450 g/mol. The van der Waals surface area contributed by atoms with Crippen molar-refractivity contribution in [2.45, 2.75) is 43.6 Å². The van der Waals surface area contributed by atoms with Crippen molar-refractivity contribution in [1.82, 2.24) is 20.1 Å². The fourth-order valence-corrected chi connectivity index (χ4v) is 4.22. The van der Waals surface area contributed by atoms with Crippen molar-refractivity contribution in [2.75, 3.05) is 18.6 Å². The van der Waals surface area contributed by atoms with E-state index in [1.807, 2.05) is 69.6 Å². The minimum Gasteiger partial charge on any atom is -0.497 e. The third-order valence-corrected chi connectivity index (χ3v) is 6.08. The van der Waals surface area contributed by atoms with Gasteiger partial charge in [-0.2, -0.15) is 0 Å². The normalized spacial score (nSPS) is 12.2. The van der Waals surface area contributed by atoms with Crippen LogP contribution in [0.4, 0.5) is 5.69 Å². The summed E-state index contributed by atoms with van der Waals surface area (Å²) in [6.45, 7) is 7.42. The molecule has 0 saturated heterocycles. The highest BCUT2D eigenvalue weighted by Crippen LogP contribution is 2.28. The lowest BCUT2D eigenvalue weighted by Gasteiger charge is -2.27. The Bertz CT molecular complexity index is 1120. The zero-order valence-electron chi connectivity index (χ0n) is 20.4. The number of nitrogens with one attached hydrogen (secondary N) is 1. The lowest BCUT2D eigenvalue weighted by Crippen LogP contribution is -2.48. The molecule has 0 aliphatic rings. The number of benzene rings is 2. The van der Waals surface area contributed by atoms with Gasteiger partial charge in [-0.05, 0) is 52.0 Å². The van der Waals surface area contributed by atoms with E-state index in [2.05, 4.69) is 15.5 Å². The molecule has 0 bridgehead atoms. The first-order valence-corrected chi connectivity index (χ1v) is 11.8. The molecule has 2 amide bonds. The van der Waals surface area contributed by atoms with Crippen molar-refractivity contribution in [1.29, 1.82) is 0 Å². The zero-order chi connectivity index (χ0) is 24.9. The van der Waals surface area contributed by atoms with E-state index >= 15 is 0 Å². The van der Waals surface area contributed by atoms with Crippen LogP contribution in [0.2, 0.25) is 0 Å². The number of rotatable bonds is 8. The van der Waals surface area contributed by atoms with E-state index in [4.69, 9.17) is 4.74 Å². The fourth-order valence-electron chi connectivity index (χ4n) is 3.34. The Morgan fingerprint density at radius 2 is 1.74 bits per heavy atom. The monoisotopic (exact) mass is 481 g/mol. The minimum absolute atomic E-state index is 0.0958. The van der Waals surface area contributed by atoms with E-state index in [1.54, 1.807) is 31.4 Å². The lowest BCUT2D eigenvalue weighted by atomic mass is 10.1. The molecule has 180 valence electrons. The third kappa shape index (κ3) is 6.38. The van der Waals surface area contributed by atoms with E-state index in [0.29, 0.717) is 16.6 Å². The summed E-state index contributed by atoms with van der Waals surface area (Å²) in [4.78, 5) is 27.7. The molecular formula is C25H31N5O3S. The highest BCUT2D eigenvalue weighted by molar-refractivity contribution is 8.00. The molecule has 0 aliphatic carbocycles. The molecule has 2 aromatic carbocycles. The standard InChI is InChI=1S/C25H31N5O3S/c1-17(34-24-28-27-22(29(24)5)18-10-8-7-9-11-18)23(32)30(16-21(31)26-25(2,3)4)19-12-14-20(33-6)15-13-19/h7-15,17H,16H2,1-6H3,(H,26,31). The molecule has 0 spiro atoms. The number of nitrogens with zero attached hydrogens (tertiary/aromatic N) is 4. The molecule has 9 heteroatoms. The second-order valence-electron chi connectivity index (χ2n) is 8.91. The van der Waals surface area contributed by atoms with Gasteiger partial charge < -0.3 is 19.5 Å². The van der Waals surface area contributed by atoms with Crippen molar-refractivity contribution in [2.24, 2.45) is 7.05 Å². The van der Waals surface area contributed by atoms with Gasteiger partial charge in [-0.15, -0.1) is 10.2 Å². The Kier molecular flexibility index (Phi) is 7.98. The van der Waals surface area contributed by atoms with Gasteiger partial charge in [0.05, 0.1) is 12.4 Å². The maximum absolute atomic E-state index is 13.5. The predicted octanol–water partition coefficient (Wildman–Crippen LogP) is 3.92. The number of hydrogen-bond acceptors (Lipinski definition) is 6. The molecule has 3 rings (SSSR count). The van der Waals surface area contributed by atoms with Crippen LogP contribution in [-0.2, 0) is 16.6 Å². The summed E-state index contributed by atoms with van der Waals surface area (Å²) < 4.78 is 7.10. The van der Waals surface area contributed by atoms with E-state index in [0.717, 1.165) is 11.4 Å². The van der Waals surface area contributed by atoms with E-state index in [9.17, 15) is 9.59 Å². The van der Waals surface area contributed by atoms with Gasteiger partial charge in [-0.3, -0.25) is 9.59 Å². The highest BCUT2D eigenvalue weighted by Gasteiger charge is 2.28. The van der Waals surface area contributed by atoms with Crippen LogP contribution >= 0.6 is 11.8 Å². The zero-order valence-corrected chi connectivity index (χ0v) is 21.2. The average molecular weight is 482 g/mol. The molecule has 34 heavy (non-hydrogen) atoms. The van der Waals surface area contributed by atoms with Crippen LogP contribution in [0.3, 0.4) is 0 Å². The molecule has 0 aliphatic heterocycles. The molecule has 8 nitrogen and oxygen atoms in total. The first-order chi connectivity index (χ1) is 16.1.